The molecule has 1 heterocycles. The molecule has 0 aromatic heterocycles. The monoisotopic (exact) mass is 368 g/mol. The van der Waals surface area contributed by atoms with E-state index in [2.05, 4.69) is 17.2 Å². The van der Waals surface area contributed by atoms with E-state index in [0.29, 0.717) is 16.3 Å². The zero-order valence-corrected chi connectivity index (χ0v) is 14.9. The molecule has 0 saturated carbocycles. The van der Waals surface area contributed by atoms with Gasteiger partial charge in [-0.25, -0.2) is 0 Å². The lowest BCUT2D eigenvalue weighted by Crippen LogP contribution is -2.23. The van der Waals surface area contributed by atoms with Crippen LogP contribution in [0.4, 0.5) is 11.4 Å². The quantitative estimate of drug-likeness (QED) is 0.304. The number of oxime groups is 1. The number of rotatable bonds is 7. The number of hydrogen-bond acceptors (Lipinski definition) is 6. The average molecular weight is 368 g/mol. The molecule has 1 aliphatic rings. The molecule has 0 bridgehead atoms. The Bertz CT molecular complexity index is 850. The van der Waals surface area contributed by atoms with Gasteiger partial charge in [0.2, 0.25) is 5.69 Å². The third-order valence-electron chi connectivity index (χ3n) is 4.39. The van der Waals surface area contributed by atoms with Crippen molar-refractivity contribution in [1.82, 2.24) is 0 Å². The highest BCUT2D eigenvalue weighted by atomic mass is 16.7. The fourth-order valence-corrected chi connectivity index (χ4v) is 2.94. The molecular weight excluding hydrogens is 348 g/mol. The molecule has 140 valence electrons. The van der Waals surface area contributed by atoms with Crippen molar-refractivity contribution in [3.63, 3.8) is 0 Å². The predicted molar refractivity (Wildman–Crippen MR) is 99.7 cm³/mol. The standard InChI is InChI=1S/C19H20N4O4/c1-2-3-9-17-18(14-10-12-16(13-11-14)23(25)26)21-27-19(17)20-22(24)15-7-5-4-6-8-15/h4-8,10-13,17,19H,2-3,9H2,1H3/b22-20-/t17-,19-/m1/s1. The van der Waals surface area contributed by atoms with Crippen molar-refractivity contribution in [1.29, 1.82) is 0 Å². The van der Waals surface area contributed by atoms with E-state index in [4.69, 9.17) is 4.84 Å². The van der Waals surface area contributed by atoms with Gasteiger partial charge in [-0.3, -0.25) is 10.1 Å². The lowest BCUT2D eigenvalue weighted by molar-refractivity contribution is -0.453. The zero-order valence-electron chi connectivity index (χ0n) is 14.9. The van der Waals surface area contributed by atoms with Gasteiger partial charge in [0.15, 0.2) is 0 Å². The summed E-state index contributed by atoms with van der Waals surface area (Å²) < 4.78 is 0. The Morgan fingerprint density at radius 2 is 1.78 bits per heavy atom. The van der Waals surface area contributed by atoms with Crippen LogP contribution in [0.1, 0.15) is 31.7 Å². The van der Waals surface area contributed by atoms with Crippen LogP contribution in [0, 0.1) is 21.2 Å². The maximum Gasteiger partial charge on any atom is 0.286 e. The van der Waals surface area contributed by atoms with E-state index in [-0.39, 0.29) is 11.6 Å². The van der Waals surface area contributed by atoms with Crippen LogP contribution in [0.15, 0.2) is 64.9 Å². The molecular formula is C19H20N4O4. The third kappa shape index (κ3) is 4.28. The Labute approximate surface area is 156 Å². The topological polar surface area (TPSA) is 103 Å². The number of hydrogen-bond donors (Lipinski definition) is 0. The summed E-state index contributed by atoms with van der Waals surface area (Å²) in [5.41, 5.74) is 1.82. The van der Waals surface area contributed by atoms with Crippen LogP contribution in [-0.2, 0) is 4.84 Å². The molecule has 0 fully saturated rings. The number of non-ortho nitro benzene ring substituents is 1. The van der Waals surface area contributed by atoms with E-state index in [9.17, 15) is 15.3 Å². The second-order valence-electron chi connectivity index (χ2n) is 6.25. The van der Waals surface area contributed by atoms with Crippen molar-refractivity contribution in [3.8, 4) is 0 Å². The number of nitrogens with zero attached hydrogens (tertiary/aromatic N) is 4. The van der Waals surface area contributed by atoms with Gasteiger partial charge < -0.3 is 10.0 Å². The van der Waals surface area contributed by atoms with Crippen molar-refractivity contribution in [2.45, 2.75) is 32.4 Å². The van der Waals surface area contributed by atoms with Crippen molar-refractivity contribution in [2.75, 3.05) is 0 Å². The van der Waals surface area contributed by atoms with E-state index < -0.39 is 11.2 Å². The van der Waals surface area contributed by atoms with Gasteiger partial charge in [0.25, 0.3) is 11.9 Å². The molecule has 0 saturated heterocycles. The van der Waals surface area contributed by atoms with Gasteiger partial charge in [0.05, 0.1) is 16.6 Å². The van der Waals surface area contributed by atoms with E-state index in [1.165, 1.54) is 12.1 Å². The minimum Gasteiger partial charge on any atom is -0.594 e. The summed E-state index contributed by atoms with van der Waals surface area (Å²) in [4.78, 5) is 16.4. The molecule has 1 aliphatic heterocycles. The molecule has 8 heteroatoms. The summed E-state index contributed by atoms with van der Waals surface area (Å²) in [5.74, 6) is -0.188. The van der Waals surface area contributed by atoms with Crippen molar-refractivity contribution in [3.05, 3.63) is 75.5 Å². The van der Waals surface area contributed by atoms with E-state index in [1.807, 2.05) is 6.07 Å². The van der Waals surface area contributed by atoms with E-state index in [0.717, 1.165) is 24.8 Å². The van der Waals surface area contributed by atoms with Crippen molar-refractivity contribution < 1.29 is 14.6 Å². The molecule has 2 aromatic rings. The minimum absolute atomic E-state index is 0.0134. The summed E-state index contributed by atoms with van der Waals surface area (Å²) in [6, 6.07) is 14.9. The average Bonchev–Trinajstić information content (AvgIpc) is 3.09. The molecule has 2 atom stereocenters. The Kier molecular flexibility index (Phi) is 5.75. The lowest BCUT2D eigenvalue weighted by Gasteiger charge is -2.14. The maximum absolute atomic E-state index is 12.3. The van der Waals surface area contributed by atoms with Crippen LogP contribution in [0.2, 0.25) is 0 Å². The number of azo groups is 1. The summed E-state index contributed by atoms with van der Waals surface area (Å²) >= 11 is 0. The van der Waals surface area contributed by atoms with E-state index >= 15 is 0 Å². The number of nitro benzene ring substituents is 1. The second kappa shape index (κ2) is 8.39. The zero-order chi connectivity index (χ0) is 19.2. The molecule has 0 aliphatic carbocycles. The van der Waals surface area contributed by atoms with Gasteiger partial charge in [0, 0.05) is 34.9 Å². The van der Waals surface area contributed by atoms with E-state index in [1.54, 1.807) is 36.4 Å². The van der Waals surface area contributed by atoms with Gasteiger partial charge in [0.1, 0.15) is 0 Å². The minimum atomic E-state index is -0.723. The highest BCUT2D eigenvalue weighted by Gasteiger charge is 2.37. The number of benzene rings is 2. The Balaban J connectivity index is 1.84. The van der Waals surface area contributed by atoms with Gasteiger partial charge in [-0.1, -0.05) is 48.0 Å². The summed E-state index contributed by atoms with van der Waals surface area (Å²) in [5, 5.41) is 31.4. The van der Waals surface area contributed by atoms with Gasteiger partial charge in [-0.15, -0.1) is 0 Å². The first kappa shape index (κ1) is 18.5. The van der Waals surface area contributed by atoms with Crippen molar-refractivity contribution >= 4 is 17.1 Å². The fraction of sp³-hybridized carbons (Fsp3) is 0.316. The molecule has 0 amide bonds. The summed E-state index contributed by atoms with van der Waals surface area (Å²) in [6.45, 7) is 2.08. The Morgan fingerprint density at radius 1 is 1.07 bits per heavy atom. The van der Waals surface area contributed by atoms with Gasteiger partial charge >= 0.3 is 0 Å². The maximum atomic E-state index is 12.3. The molecule has 0 spiro atoms. The molecule has 0 radical (unpaired) electrons. The second-order valence-corrected chi connectivity index (χ2v) is 6.25. The molecule has 8 nitrogen and oxygen atoms in total. The van der Waals surface area contributed by atoms with Crippen LogP contribution >= 0.6 is 0 Å². The van der Waals surface area contributed by atoms with Crippen LogP contribution in [0.3, 0.4) is 0 Å². The predicted octanol–water partition coefficient (Wildman–Crippen LogP) is 4.76. The molecule has 3 rings (SSSR count). The largest absolute Gasteiger partial charge is 0.594 e. The van der Waals surface area contributed by atoms with Crippen LogP contribution in [0.25, 0.3) is 0 Å². The van der Waals surface area contributed by atoms with Crippen LogP contribution in [0.5, 0.6) is 0 Å². The summed E-state index contributed by atoms with van der Waals surface area (Å²) in [7, 11) is 0. The third-order valence-corrected chi connectivity index (χ3v) is 4.39. The number of unbranched alkanes of at least 4 members (excludes halogenated alkanes) is 1. The fourth-order valence-electron chi connectivity index (χ4n) is 2.94. The normalized spacial score (nSPS) is 19.4. The molecule has 0 N–H and O–H groups in total. The first-order chi connectivity index (χ1) is 13.1. The summed E-state index contributed by atoms with van der Waals surface area (Å²) in [6.07, 6.45) is 1.94. The Hall–Kier alpha value is -3.29. The SMILES string of the molecule is CCCC[C@@H]1C(c2ccc([N+](=O)[O-])cc2)=NO[C@H]1/N=[N+](\[O-])c1ccccc1. The highest BCUT2D eigenvalue weighted by molar-refractivity contribution is 6.03. The first-order valence-corrected chi connectivity index (χ1v) is 8.81. The molecule has 2 aromatic carbocycles. The molecule has 27 heavy (non-hydrogen) atoms. The number of para-hydroxylation sites is 1. The molecule has 0 unspecified atom stereocenters. The number of nitro groups is 1. The lowest BCUT2D eigenvalue weighted by atomic mass is 9.91. The van der Waals surface area contributed by atoms with Gasteiger partial charge in [-0.05, 0) is 18.6 Å². The van der Waals surface area contributed by atoms with Crippen LogP contribution < -0.4 is 0 Å². The van der Waals surface area contributed by atoms with Crippen LogP contribution in [-0.4, -0.2) is 21.7 Å². The highest BCUT2D eigenvalue weighted by Crippen LogP contribution is 2.30. The Morgan fingerprint density at radius 3 is 2.41 bits per heavy atom. The van der Waals surface area contributed by atoms with Gasteiger partial charge in [-0.2, -0.15) is 0 Å². The first-order valence-electron chi connectivity index (χ1n) is 8.81. The smallest absolute Gasteiger partial charge is 0.286 e. The van der Waals surface area contributed by atoms with Crippen molar-refractivity contribution in [2.24, 2.45) is 16.2 Å².